The Morgan fingerprint density at radius 3 is 1.94 bits per heavy atom. The lowest BCUT2D eigenvalue weighted by Gasteiger charge is -2.31. The second-order valence-electron chi connectivity index (χ2n) is 11.0. The number of sulfonamides is 1. The van der Waals surface area contributed by atoms with E-state index in [0.717, 1.165) is 11.4 Å². The molecule has 0 spiro atoms. The monoisotopic (exact) mass is 678 g/mol. The van der Waals surface area contributed by atoms with Crippen LogP contribution in [0.5, 0.6) is 0 Å². The molecule has 256 valence electrons. The Morgan fingerprint density at radius 2 is 1.47 bits per heavy atom. The molecule has 0 saturated heterocycles. The second-order valence-corrected chi connectivity index (χ2v) is 12.9. The Balaban J connectivity index is 1.85. The molecule has 1 unspecified atom stereocenters. The first-order chi connectivity index (χ1) is 22.3. The number of anilines is 1. The number of carbonyl (C=O) groups excluding carboxylic acids is 2. The fourth-order valence-electron chi connectivity index (χ4n) is 5.34. The lowest BCUT2D eigenvalue weighted by atomic mass is 9.84. The number of benzene rings is 3. The van der Waals surface area contributed by atoms with Gasteiger partial charge >= 0.3 is 12.3 Å². The molecule has 0 heterocycles. The Labute approximate surface area is 273 Å². The molecule has 47 heavy (non-hydrogen) atoms. The molecule has 0 aromatic heterocycles. The predicted octanol–water partition coefficient (Wildman–Crippen LogP) is 4.80. The Morgan fingerprint density at radius 1 is 0.915 bits per heavy atom. The summed E-state index contributed by atoms with van der Waals surface area (Å²) in [5.41, 5.74) is 7.18. The molecular formula is C33H41F3N4O6S. The number of halogens is 3. The number of methoxy groups -OCH3 is 1. The van der Waals surface area contributed by atoms with Gasteiger partial charge in [0.1, 0.15) is 12.1 Å². The van der Waals surface area contributed by atoms with Crippen molar-refractivity contribution in [1.29, 1.82) is 0 Å². The minimum absolute atomic E-state index is 0.0264. The summed E-state index contributed by atoms with van der Waals surface area (Å²) in [5.74, 6) is -1.96. The highest BCUT2D eigenvalue weighted by atomic mass is 32.2. The number of carbonyl (C=O) groups is 2. The van der Waals surface area contributed by atoms with Gasteiger partial charge in [0.25, 0.3) is 0 Å². The molecule has 10 nitrogen and oxygen atoms in total. The van der Waals surface area contributed by atoms with Gasteiger partial charge in [-0.1, -0.05) is 67.6 Å². The third-order valence-corrected chi connectivity index (χ3v) is 9.65. The molecule has 0 fully saturated rings. The SMILES string of the molecule is CCCN(C(CO)CCC[C@@H](NC(=O)[C@@H](NC(=O)OC)C(c1ccccc1)c1ccccc1)C(F)(F)F)S(=O)(=O)c1ccc(N)cc1. The number of aliphatic hydroxyl groups is 1. The molecular weight excluding hydrogens is 637 g/mol. The van der Waals surface area contributed by atoms with Crippen LogP contribution in [-0.4, -0.2) is 74.4 Å². The number of aliphatic hydroxyl groups excluding tert-OH is 1. The first kappa shape index (κ1) is 37.3. The van der Waals surface area contributed by atoms with Gasteiger partial charge in [-0.3, -0.25) is 4.79 Å². The second kappa shape index (κ2) is 17.1. The topological polar surface area (TPSA) is 151 Å². The third kappa shape index (κ3) is 10.2. The van der Waals surface area contributed by atoms with E-state index in [1.165, 1.54) is 24.3 Å². The number of amides is 2. The number of hydrogen-bond donors (Lipinski definition) is 4. The van der Waals surface area contributed by atoms with Crippen LogP contribution in [0.1, 0.15) is 49.7 Å². The van der Waals surface area contributed by atoms with Gasteiger partial charge in [-0.05, 0) is 61.1 Å². The predicted molar refractivity (Wildman–Crippen MR) is 172 cm³/mol. The summed E-state index contributed by atoms with van der Waals surface area (Å²) in [5, 5.41) is 14.6. The number of alkyl halides is 3. The lowest BCUT2D eigenvalue weighted by Crippen LogP contribution is -2.55. The van der Waals surface area contributed by atoms with Crippen molar-refractivity contribution >= 4 is 27.7 Å². The molecule has 0 aliphatic rings. The summed E-state index contributed by atoms with van der Waals surface area (Å²) in [6, 6.07) is 17.8. The fraction of sp³-hybridized carbons (Fsp3) is 0.394. The van der Waals surface area contributed by atoms with Crippen molar-refractivity contribution < 1.29 is 41.0 Å². The van der Waals surface area contributed by atoms with E-state index in [2.05, 4.69) is 10.6 Å². The zero-order valence-corrected chi connectivity index (χ0v) is 27.0. The molecule has 14 heteroatoms. The molecule has 0 aliphatic carbocycles. The molecule has 0 aliphatic heterocycles. The van der Waals surface area contributed by atoms with Gasteiger partial charge in [-0.15, -0.1) is 0 Å². The van der Waals surface area contributed by atoms with Crippen LogP contribution in [0.4, 0.5) is 23.7 Å². The largest absolute Gasteiger partial charge is 0.453 e. The van der Waals surface area contributed by atoms with Crippen LogP contribution < -0.4 is 16.4 Å². The number of rotatable bonds is 16. The molecule has 3 aromatic carbocycles. The maximum Gasteiger partial charge on any atom is 0.408 e. The highest BCUT2D eigenvalue weighted by Gasteiger charge is 2.43. The van der Waals surface area contributed by atoms with Crippen molar-refractivity contribution in [3.63, 3.8) is 0 Å². The van der Waals surface area contributed by atoms with Crippen molar-refractivity contribution in [2.45, 2.75) is 67.7 Å². The van der Waals surface area contributed by atoms with Gasteiger partial charge in [-0.2, -0.15) is 17.5 Å². The number of alkyl carbamates (subject to hydrolysis) is 1. The molecule has 3 rings (SSSR count). The molecule has 5 N–H and O–H groups in total. The van der Waals surface area contributed by atoms with Gasteiger partial charge in [0, 0.05) is 24.2 Å². The summed E-state index contributed by atoms with van der Waals surface area (Å²) in [6.45, 7) is 1.14. The van der Waals surface area contributed by atoms with Gasteiger partial charge < -0.3 is 26.2 Å². The molecule has 2 amide bonds. The normalized spacial score (nSPS) is 14.0. The van der Waals surface area contributed by atoms with Crippen molar-refractivity contribution in [2.75, 3.05) is 26.0 Å². The average Bonchev–Trinajstić information content (AvgIpc) is 3.05. The zero-order valence-electron chi connectivity index (χ0n) is 26.2. The standard InChI is InChI=1S/C33H41F3N4O6S/c1-3-21-40(47(44,45)27-19-17-25(37)18-20-27)26(22-41)15-10-16-28(33(34,35)36)38-31(42)30(39-32(43)46-2)29(23-11-6-4-7-12-23)24-13-8-5-9-14-24/h4-9,11-14,17-20,26,28-30,41H,3,10,15-16,21-22,37H2,1-2H3,(H,38,42)(H,39,43)/t26?,28-,30+/m1/s1. The van der Waals surface area contributed by atoms with Gasteiger partial charge in [0.15, 0.2) is 0 Å². The number of hydrogen-bond acceptors (Lipinski definition) is 7. The molecule has 3 atom stereocenters. The summed E-state index contributed by atoms with van der Waals surface area (Å²) in [4.78, 5) is 26.0. The minimum atomic E-state index is -4.88. The lowest BCUT2D eigenvalue weighted by molar-refractivity contribution is -0.164. The first-order valence-corrected chi connectivity index (χ1v) is 16.6. The summed E-state index contributed by atoms with van der Waals surface area (Å²) in [7, 11) is -3.02. The van der Waals surface area contributed by atoms with Crippen molar-refractivity contribution in [1.82, 2.24) is 14.9 Å². The number of nitrogens with zero attached hydrogens (tertiary/aromatic N) is 1. The van der Waals surface area contributed by atoms with Crippen LogP contribution in [0.3, 0.4) is 0 Å². The zero-order chi connectivity index (χ0) is 34.6. The quantitative estimate of drug-likeness (QED) is 0.159. The van der Waals surface area contributed by atoms with E-state index in [4.69, 9.17) is 10.5 Å². The molecule has 3 aromatic rings. The summed E-state index contributed by atoms with van der Waals surface area (Å²) < 4.78 is 75.7. The van der Waals surface area contributed by atoms with E-state index in [1.54, 1.807) is 67.6 Å². The highest BCUT2D eigenvalue weighted by Crippen LogP contribution is 2.31. The smallest absolute Gasteiger partial charge is 0.408 e. The van der Waals surface area contributed by atoms with E-state index in [9.17, 15) is 36.3 Å². The Hall–Kier alpha value is -4.14. The van der Waals surface area contributed by atoms with E-state index in [1.807, 2.05) is 0 Å². The van der Waals surface area contributed by atoms with Crippen LogP contribution in [0.2, 0.25) is 0 Å². The van der Waals surface area contributed by atoms with Crippen LogP contribution in [-0.2, 0) is 19.6 Å². The molecule has 0 saturated carbocycles. The van der Waals surface area contributed by atoms with Gasteiger partial charge in [0.05, 0.1) is 18.6 Å². The van der Waals surface area contributed by atoms with Crippen molar-refractivity contribution in [3.8, 4) is 0 Å². The van der Waals surface area contributed by atoms with Crippen LogP contribution in [0.25, 0.3) is 0 Å². The number of nitrogen functional groups attached to an aromatic ring is 1. The number of nitrogens with one attached hydrogen (secondary N) is 2. The van der Waals surface area contributed by atoms with Crippen LogP contribution in [0.15, 0.2) is 89.8 Å². The fourth-order valence-corrected chi connectivity index (χ4v) is 7.08. The Kier molecular flexibility index (Phi) is 13.6. The summed E-state index contributed by atoms with van der Waals surface area (Å²) >= 11 is 0. The minimum Gasteiger partial charge on any atom is -0.453 e. The van der Waals surface area contributed by atoms with E-state index in [0.29, 0.717) is 23.2 Å². The van der Waals surface area contributed by atoms with Crippen LogP contribution >= 0.6 is 0 Å². The van der Waals surface area contributed by atoms with E-state index in [-0.39, 0.29) is 24.3 Å². The highest BCUT2D eigenvalue weighted by molar-refractivity contribution is 7.89. The average molecular weight is 679 g/mol. The van der Waals surface area contributed by atoms with Gasteiger partial charge in [0.2, 0.25) is 15.9 Å². The van der Waals surface area contributed by atoms with Gasteiger partial charge in [-0.25, -0.2) is 13.2 Å². The van der Waals surface area contributed by atoms with E-state index >= 15 is 0 Å². The van der Waals surface area contributed by atoms with Crippen molar-refractivity contribution in [3.05, 3.63) is 96.1 Å². The Bertz CT molecular complexity index is 1490. The molecule has 0 bridgehead atoms. The third-order valence-electron chi connectivity index (χ3n) is 7.68. The van der Waals surface area contributed by atoms with E-state index < -0.39 is 65.3 Å². The molecule has 0 radical (unpaired) electrons. The van der Waals surface area contributed by atoms with Crippen LogP contribution in [0, 0.1) is 0 Å². The number of ether oxygens (including phenoxy) is 1. The maximum absolute atomic E-state index is 14.4. The number of nitrogens with two attached hydrogens (primary N) is 1. The maximum atomic E-state index is 14.4. The first-order valence-electron chi connectivity index (χ1n) is 15.1. The van der Waals surface area contributed by atoms with Crippen molar-refractivity contribution in [2.24, 2.45) is 0 Å². The summed E-state index contributed by atoms with van der Waals surface area (Å²) in [6.07, 6.45) is -6.41.